The quantitative estimate of drug-likeness (QED) is 0.634. The molecule has 4 nitrogen and oxygen atoms in total. The Morgan fingerprint density at radius 1 is 1.19 bits per heavy atom. The number of ether oxygens (including phenoxy) is 1. The van der Waals surface area contributed by atoms with Gasteiger partial charge < -0.3 is 9.15 Å². The lowest BCUT2D eigenvalue weighted by atomic mass is 10.4. The van der Waals surface area contributed by atoms with Crippen molar-refractivity contribution in [2.75, 3.05) is 7.11 Å². The van der Waals surface area contributed by atoms with Crippen molar-refractivity contribution in [2.24, 2.45) is 0 Å². The van der Waals surface area contributed by atoms with Crippen molar-refractivity contribution in [3.8, 4) is 0 Å². The van der Waals surface area contributed by atoms with Crippen molar-refractivity contribution in [1.82, 2.24) is 0 Å². The minimum Gasteiger partial charge on any atom is -0.463 e. The monoisotopic (exact) mass is 238 g/mol. The molecule has 84 valence electrons. The molecule has 0 saturated carbocycles. The van der Waals surface area contributed by atoms with Gasteiger partial charge in [0.2, 0.25) is 10.9 Å². The SMILES string of the molecule is COC(=O)c1ccc(C(=O)[SH]2C=CC=C2)o1. The van der Waals surface area contributed by atoms with Crippen molar-refractivity contribution in [3.63, 3.8) is 0 Å². The molecule has 0 aromatic carbocycles. The highest BCUT2D eigenvalue weighted by Gasteiger charge is 2.19. The summed E-state index contributed by atoms with van der Waals surface area (Å²) in [6.07, 6.45) is 3.65. The fraction of sp³-hybridized carbons (Fsp3) is 0.0909. The Balaban J connectivity index is 2.18. The van der Waals surface area contributed by atoms with E-state index in [4.69, 9.17) is 4.42 Å². The molecule has 1 aromatic heterocycles. The van der Waals surface area contributed by atoms with E-state index < -0.39 is 16.9 Å². The maximum atomic E-state index is 11.9. The Bertz CT molecular complexity index is 472. The molecule has 0 N–H and O–H groups in total. The first kappa shape index (κ1) is 10.8. The van der Waals surface area contributed by atoms with E-state index >= 15 is 0 Å². The standard InChI is InChI=1S/C11H10O4S/c1-14-10(12)8-4-5-9(15-8)11(13)16-6-2-3-7-16/h2-7,16H,1H3. The van der Waals surface area contributed by atoms with E-state index in [1.54, 1.807) is 0 Å². The normalized spacial score (nSPS) is 15.4. The van der Waals surface area contributed by atoms with Gasteiger partial charge in [-0.1, -0.05) is 12.2 Å². The summed E-state index contributed by atoms with van der Waals surface area (Å²) in [4.78, 5) is 23.0. The molecule has 2 heterocycles. The van der Waals surface area contributed by atoms with Crippen molar-refractivity contribution >= 4 is 22.0 Å². The molecule has 2 rings (SSSR count). The number of allylic oxidation sites excluding steroid dienone is 2. The molecule has 0 spiro atoms. The van der Waals surface area contributed by atoms with Crippen molar-refractivity contribution < 1.29 is 18.7 Å². The van der Waals surface area contributed by atoms with Gasteiger partial charge in [0.1, 0.15) is 0 Å². The zero-order chi connectivity index (χ0) is 11.5. The summed E-state index contributed by atoms with van der Waals surface area (Å²) in [5.74, 6) is -0.333. The summed E-state index contributed by atoms with van der Waals surface area (Å²) < 4.78 is 9.62. The van der Waals surface area contributed by atoms with Crippen LogP contribution >= 0.6 is 10.9 Å². The molecule has 0 amide bonds. The van der Waals surface area contributed by atoms with Gasteiger partial charge in [-0.3, -0.25) is 4.79 Å². The van der Waals surface area contributed by atoms with E-state index in [1.807, 2.05) is 23.0 Å². The van der Waals surface area contributed by atoms with Crippen LogP contribution in [0.3, 0.4) is 0 Å². The smallest absolute Gasteiger partial charge is 0.373 e. The van der Waals surface area contributed by atoms with E-state index in [-0.39, 0.29) is 16.6 Å². The summed E-state index contributed by atoms with van der Waals surface area (Å²) in [6.45, 7) is 0. The van der Waals surface area contributed by atoms with E-state index in [2.05, 4.69) is 4.74 Å². The third-order valence-electron chi connectivity index (χ3n) is 2.04. The van der Waals surface area contributed by atoms with Gasteiger partial charge in [0.05, 0.1) is 7.11 Å². The van der Waals surface area contributed by atoms with Crippen LogP contribution in [-0.4, -0.2) is 18.2 Å². The van der Waals surface area contributed by atoms with Gasteiger partial charge in [-0.25, -0.2) is 4.79 Å². The third-order valence-corrected chi connectivity index (χ3v) is 3.72. The summed E-state index contributed by atoms with van der Waals surface area (Å²) in [5.41, 5.74) is 0. The average molecular weight is 238 g/mol. The van der Waals surface area contributed by atoms with E-state index in [0.717, 1.165) is 0 Å². The topological polar surface area (TPSA) is 56.5 Å². The number of methoxy groups -OCH3 is 1. The van der Waals surface area contributed by atoms with Gasteiger partial charge in [0, 0.05) is 0 Å². The van der Waals surface area contributed by atoms with Gasteiger partial charge in [-0.05, 0) is 22.9 Å². The third kappa shape index (κ3) is 1.94. The summed E-state index contributed by atoms with van der Waals surface area (Å²) in [5, 5.41) is 3.56. The van der Waals surface area contributed by atoms with Gasteiger partial charge in [-0.15, -0.1) is 10.9 Å². The van der Waals surface area contributed by atoms with Crippen LogP contribution in [-0.2, 0) is 4.74 Å². The second-order valence-electron chi connectivity index (χ2n) is 3.05. The number of carbonyl (C=O) groups excluding carboxylic acids is 2. The Kier molecular flexibility index (Phi) is 2.96. The van der Waals surface area contributed by atoms with E-state index in [1.165, 1.54) is 19.2 Å². The predicted octanol–water partition coefficient (Wildman–Crippen LogP) is 2.25. The van der Waals surface area contributed by atoms with Crippen LogP contribution < -0.4 is 0 Å². The highest BCUT2D eigenvalue weighted by Crippen LogP contribution is 2.36. The first-order valence-electron chi connectivity index (χ1n) is 4.58. The Labute approximate surface area is 94.9 Å². The first-order valence-corrected chi connectivity index (χ1v) is 6.06. The van der Waals surface area contributed by atoms with Crippen LogP contribution in [0.5, 0.6) is 0 Å². The molecule has 0 atom stereocenters. The van der Waals surface area contributed by atoms with E-state index in [0.29, 0.717) is 0 Å². The molecule has 1 aliphatic heterocycles. The molecule has 16 heavy (non-hydrogen) atoms. The van der Waals surface area contributed by atoms with Crippen molar-refractivity contribution in [3.05, 3.63) is 46.6 Å². The highest BCUT2D eigenvalue weighted by molar-refractivity contribution is 8.34. The molecule has 0 fully saturated rings. The maximum Gasteiger partial charge on any atom is 0.373 e. The number of rotatable bonds is 2. The maximum absolute atomic E-state index is 11.9. The van der Waals surface area contributed by atoms with Crippen LogP contribution in [0, 0.1) is 0 Å². The minimum atomic E-state index is -0.939. The minimum absolute atomic E-state index is 0.0491. The number of esters is 1. The molecule has 0 unspecified atom stereocenters. The Morgan fingerprint density at radius 2 is 1.81 bits per heavy atom. The van der Waals surface area contributed by atoms with Crippen LogP contribution in [0.1, 0.15) is 21.1 Å². The second kappa shape index (κ2) is 4.40. The lowest BCUT2D eigenvalue weighted by Gasteiger charge is -2.04. The molecule has 1 aromatic rings. The average Bonchev–Trinajstić information content (AvgIpc) is 2.97. The Hall–Kier alpha value is -1.75. The lowest BCUT2D eigenvalue weighted by Crippen LogP contribution is -1.99. The van der Waals surface area contributed by atoms with Crippen LogP contribution in [0.2, 0.25) is 0 Å². The Morgan fingerprint density at radius 3 is 2.44 bits per heavy atom. The zero-order valence-corrected chi connectivity index (χ0v) is 9.44. The van der Waals surface area contributed by atoms with Gasteiger partial charge in [0.25, 0.3) is 0 Å². The molecule has 0 aliphatic carbocycles. The first-order chi connectivity index (χ1) is 7.72. The van der Waals surface area contributed by atoms with Crippen LogP contribution in [0.25, 0.3) is 0 Å². The van der Waals surface area contributed by atoms with Gasteiger partial charge in [-0.2, -0.15) is 0 Å². The molecule has 0 saturated heterocycles. The van der Waals surface area contributed by atoms with Crippen LogP contribution in [0.15, 0.2) is 39.5 Å². The predicted molar refractivity (Wildman–Crippen MR) is 61.6 cm³/mol. The summed E-state index contributed by atoms with van der Waals surface area (Å²) >= 11 is 0. The molecule has 1 aliphatic rings. The fourth-order valence-electron chi connectivity index (χ4n) is 1.26. The summed E-state index contributed by atoms with van der Waals surface area (Å²) in [6, 6.07) is 2.94. The second-order valence-corrected chi connectivity index (χ2v) is 4.87. The van der Waals surface area contributed by atoms with Crippen LogP contribution in [0.4, 0.5) is 0 Å². The molecule has 0 bridgehead atoms. The number of hydrogen-bond acceptors (Lipinski definition) is 4. The lowest BCUT2D eigenvalue weighted by molar-refractivity contribution is 0.0563. The van der Waals surface area contributed by atoms with Crippen molar-refractivity contribution in [1.29, 1.82) is 0 Å². The van der Waals surface area contributed by atoms with E-state index in [9.17, 15) is 9.59 Å². The fourth-order valence-corrected chi connectivity index (χ4v) is 2.57. The van der Waals surface area contributed by atoms with Crippen molar-refractivity contribution in [2.45, 2.75) is 0 Å². The summed E-state index contributed by atoms with van der Waals surface area (Å²) in [7, 11) is 0.324. The molecule has 0 radical (unpaired) electrons. The molecular weight excluding hydrogens is 228 g/mol. The number of hydrogen-bond donors (Lipinski definition) is 1. The van der Waals surface area contributed by atoms with Gasteiger partial charge >= 0.3 is 5.97 Å². The van der Waals surface area contributed by atoms with Gasteiger partial charge in [0.15, 0.2) is 5.76 Å². The molecular formula is C11H10O4S. The highest BCUT2D eigenvalue weighted by atomic mass is 32.2. The number of thiol groups is 1. The molecule has 5 heteroatoms. The number of furan rings is 1. The zero-order valence-electron chi connectivity index (χ0n) is 8.54. The largest absolute Gasteiger partial charge is 0.463 e. The number of carbonyl (C=O) groups is 2.